The van der Waals surface area contributed by atoms with E-state index in [0.717, 1.165) is 12.1 Å². The maximum Gasteiger partial charge on any atom is 0.416 e. The number of amides is 1. The second-order valence-corrected chi connectivity index (χ2v) is 7.10. The van der Waals surface area contributed by atoms with Gasteiger partial charge in [-0.1, -0.05) is 6.07 Å². The maximum atomic E-state index is 12.8. The van der Waals surface area contributed by atoms with Gasteiger partial charge in [-0.3, -0.25) is 14.9 Å². The van der Waals surface area contributed by atoms with Crippen molar-refractivity contribution in [2.24, 2.45) is 0 Å². The van der Waals surface area contributed by atoms with E-state index in [-0.39, 0.29) is 29.4 Å². The van der Waals surface area contributed by atoms with Gasteiger partial charge < -0.3 is 20.3 Å². The lowest BCUT2D eigenvalue weighted by Gasteiger charge is -2.22. The number of nitrogens with zero attached hydrogens (tertiary/aromatic N) is 3. The minimum Gasteiger partial charge on any atom is -0.471 e. The van der Waals surface area contributed by atoms with Crippen molar-refractivity contribution >= 4 is 11.6 Å². The molecule has 0 aliphatic rings. The van der Waals surface area contributed by atoms with Gasteiger partial charge in [0.05, 0.1) is 23.1 Å². The second-order valence-electron chi connectivity index (χ2n) is 7.10. The third-order valence-electron chi connectivity index (χ3n) is 4.74. The number of halogens is 3. The Balaban J connectivity index is 1.61. The summed E-state index contributed by atoms with van der Waals surface area (Å²) in [4.78, 5) is 22.6. The molecule has 2 atom stereocenters. The van der Waals surface area contributed by atoms with Crippen LogP contribution in [0.5, 0.6) is 5.75 Å². The van der Waals surface area contributed by atoms with Crippen LogP contribution in [-0.2, 0) is 12.9 Å². The van der Waals surface area contributed by atoms with Crippen LogP contribution in [-0.4, -0.2) is 43.5 Å². The minimum absolute atomic E-state index is 0.0390. The Kier molecular flexibility index (Phi) is 7.48. The molecule has 3 aromatic rings. The Morgan fingerprint density at radius 2 is 1.91 bits per heavy atom. The Morgan fingerprint density at radius 3 is 2.53 bits per heavy atom. The lowest BCUT2D eigenvalue weighted by molar-refractivity contribution is -0.384. The largest absolute Gasteiger partial charge is 0.471 e. The number of nitrogens with one attached hydrogen (secondary N) is 1. The van der Waals surface area contributed by atoms with Crippen LogP contribution in [0, 0.1) is 10.1 Å². The summed E-state index contributed by atoms with van der Waals surface area (Å²) in [7, 11) is 0. The molecule has 34 heavy (non-hydrogen) atoms. The fourth-order valence-electron chi connectivity index (χ4n) is 2.95. The number of nitro groups is 1. The van der Waals surface area contributed by atoms with Gasteiger partial charge in [-0.05, 0) is 42.0 Å². The first-order chi connectivity index (χ1) is 16.1. The predicted octanol–water partition coefficient (Wildman–Crippen LogP) is 2.67. The molecule has 2 aromatic carbocycles. The molecule has 1 amide bonds. The van der Waals surface area contributed by atoms with E-state index >= 15 is 0 Å². The van der Waals surface area contributed by atoms with E-state index in [2.05, 4.69) is 10.4 Å². The number of nitro benzene ring substituents is 1. The quantitative estimate of drug-likeness (QED) is 0.316. The Morgan fingerprint density at radius 1 is 1.21 bits per heavy atom. The summed E-state index contributed by atoms with van der Waals surface area (Å²) in [5, 5.41) is 37.1. The summed E-state index contributed by atoms with van der Waals surface area (Å²) >= 11 is 0. The summed E-state index contributed by atoms with van der Waals surface area (Å²) in [6.45, 7) is -0.910. The predicted molar refractivity (Wildman–Crippen MR) is 111 cm³/mol. The summed E-state index contributed by atoms with van der Waals surface area (Å²) in [5.74, 6) is -0.777. The molecule has 1 aromatic heterocycles. The van der Waals surface area contributed by atoms with Crippen molar-refractivity contribution in [3.63, 3.8) is 0 Å². The van der Waals surface area contributed by atoms with Crippen molar-refractivity contribution in [1.29, 1.82) is 0 Å². The van der Waals surface area contributed by atoms with Gasteiger partial charge in [-0.2, -0.15) is 18.3 Å². The number of aliphatic hydroxyl groups excluding tert-OH is 2. The Labute approximate surface area is 190 Å². The molecule has 0 bridgehead atoms. The third-order valence-corrected chi connectivity index (χ3v) is 4.74. The van der Waals surface area contributed by atoms with Crippen molar-refractivity contribution in [2.75, 3.05) is 6.61 Å². The van der Waals surface area contributed by atoms with Crippen LogP contribution in [0.1, 0.15) is 27.7 Å². The molecule has 3 rings (SSSR count). The van der Waals surface area contributed by atoms with E-state index in [1.807, 2.05) is 0 Å². The van der Waals surface area contributed by atoms with E-state index in [1.54, 1.807) is 0 Å². The SMILES string of the molecule is O=C(NC(CO)C(O)c1ccc([N+](=O)[O-])cc1)c1ccn(COc2cccc(C(F)(F)F)c2)n1. The number of carbonyl (C=O) groups is 1. The van der Waals surface area contributed by atoms with Gasteiger partial charge in [0.15, 0.2) is 6.73 Å². The first-order valence-electron chi connectivity index (χ1n) is 9.76. The van der Waals surface area contributed by atoms with Gasteiger partial charge in [-0.25, -0.2) is 4.68 Å². The third kappa shape index (κ3) is 6.08. The lowest BCUT2D eigenvalue weighted by Crippen LogP contribution is -2.42. The van der Waals surface area contributed by atoms with Crippen LogP contribution in [0.4, 0.5) is 18.9 Å². The van der Waals surface area contributed by atoms with Gasteiger partial charge in [0.1, 0.15) is 17.5 Å². The van der Waals surface area contributed by atoms with Crippen LogP contribution in [0.15, 0.2) is 60.8 Å². The van der Waals surface area contributed by atoms with Crippen molar-refractivity contribution in [3.8, 4) is 5.75 Å². The Hall–Kier alpha value is -3.97. The van der Waals surface area contributed by atoms with Gasteiger partial charge in [0.25, 0.3) is 11.6 Å². The monoisotopic (exact) mass is 480 g/mol. The minimum atomic E-state index is -4.52. The van der Waals surface area contributed by atoms with E-state index in [9.17, 15) is 38.3 Å². The number of non-ortho nitro benzene ring substituents is 1. The molecule has 1 heterocycles. The van der Waals surface area contributed by atoms with Crippen molar-refractivity contribution < 1.29 is 37.8 Å². The van der Waals surface area contributed by atoms with E-state index in [4.69, 9.17) is 4.74 Å². The van der Waals surface area contributed by atoms with Gasteiger partial charge in [0.2, 0.25) is 0 Å². The number of alkyl halides is 3. The molecule has 0 radical (unpaired) electrons. The van der Waals surface area contributed by atoms with Gasteiger partial charge in [0, 0.05) is 18.3 Å². The van der Waals surface area contributed by atoms with Crippen molar-refractivity contribution in [3.05, 3.63) is 87.7 Å². The van der Waals surface area contributed by atoms with Crippen LogP contribution < -0.4 is 10.1 Å². The molecule has 10 nitrogen and oxygen atoms in total. The number of aromatic nitrogens is 2. The molecule has 0 aliphatic heterocycles. The topological polar surface area (TPSA) is 140 Å². The summed E-state index contributed by atoms with van der Waals surface area (Å²) in [6, 6.07) is 9.44. The van der Waals surface area contributed by atoms with Crippen LogP contribution in [0.3, 0.4) is 0 Å². The average Bonchev–Trinajstić information content (AvgIpc) is 3.29. The number of hydrogen-bond acceptors (Lipinski definition) is 7. The number of aliphatic hydroxyl groups is 2. The summed E-state index contributed by atoms with van der Waals surface area (Å²) in [5.41, 5.74) is -0.905. The zero-order valence-electron chi connectivity index (χ0n) is 17.3. The standard InChI is InChI=1S/C21H19F3N4O6/c22-21(23,24)14-2-1-3-16(10-14)34-12-27-9-8-17(26-27)20(31)25-18(11-29)19(30)13-4-6-15(7-5-13)28(32)33/h1-10,18-19,29-30H,11-12H2,(H,25,31). The second kappa shape index (κ2) is 10.3. The maximum absolute atomic E-state index is 12.8. The van der Waals surface area contributed by atoms with Crippen LogP contribution >= 0.6 is 0 Å². The number of carbonyl (C=O) groups excluding carboxylic acids is 1. The number of benzene rings is 2. The van der Waals surface area contributed by atoms with Gasteiger partial charge >= 0.3 is 6.18 Å². The molecule has 0 aliphatic carbocycles. The molecule has 3 N–H and O–H groups in total. The van der Waals surface area contributed by atoms with E-state index in [0.29, 0.717) is 0 Å². The summed E-state index contributed by atoms with van der Waals surface area (Å²) < 4.78 is 44.8. The Bertz CT molecular complexity index is 1150. The smallest absolute Gasteiger partial charge is 0.416 e. The zero-order valence-corrected chi connectivity index (χ0v) is 17.3. The first kappa shape index (κ1) is 24.7. The highest BCUT2D eigenvalue weighted by Crippen LogP contribution is 2.31. The normalized spacial score (nSPS) is 13.2. The molecule has 180 valence electrons. The molecular formula is C21H19F3N4O6. The van der Waals surface area contributed by atoms with Crippen LogP contribution in [0.2, 0.25) is 0 Å². The number of hydrogen-bond donors (Lipinski definition) is 3. The molecule has 0 fully saturated rings. The molecule has 0 saturated heterocycles. The lowest BCUT2D eigenvalue weighted by atomic mass is 10.0. The molecule has 2 unspecified atom stereocenters. The van der Waals surface area contributed by atoms with Crippen molar-refractivity contribution in [2.45, 2.75) is 25.1 Å². The highest BCUT2D eigenvalue weighted by molar-refractivity contribution is 5.92. The highest BCUT2D eigenvalue weighted by Gasteiger charge is 2.30. The van der Waals surface area contributed by atoms with Gasteiger partial charge in [-0.15, -0.1) is 0 Å². The molecule has 13 heteroatoms. The number of ether oxygens (including phenoxy) is 1. The molecule has 0 saturated carbocycles. The average molecular weight is 480 g/mol. The number of rotatable bonds is 9. The summed E-state index contributed by atoms with van der Waals surface area (Å²) in [6.07, 6.45) is -4.51. The zero-order chi connectivity index (χ0) is 24.9. The first-order valence-corrected chi connectivity index (χ1v) is 9.76. The van der Waals surface area contributed by atoms with Crippen molar-refractivity contribution in [1.82, 2.24) is 15.1 Å². The van der Waals surface area contributed by atoms with E-state index < -0.39 is 41.3 Å². The van der Waals surface area contributed by atoms with Crippen LogP contribution in [0.25, 0.3) is 0 Å². The highest BCUT2D eigenvalue weighted by atomic mass is 19.4. The molecular weight excluding hydrogens is 461 g/mol. The molecule has 0 spiro atoms. The fraction of sp³-hybridized carbons (Fsp3) is 0.238. The van der Waals surface area contributed by atoms with E-state index in [1.165, 1.54) is 53.3 Å². The fourth-order valence-corrected chi connectivity index (χ4v) is 2.95.